The van der Waals surface area contributed by atoms with Crippen LogP contribution in [0.2, 0.25) is 5.28 Å². The molecule has 17 heteroatoms. The highest BCUT2D eigenvalue weighted by atomic mass is 79.9. The highest BCUT2D eigenvalue weighted by molar-refractivity contribution is 9.10. The molecule has 0 unspecified atom stereocenters. The van der Waals surface area contributed by atoms with E-state index < -0.39 is 0 Å². The fourth-order valence-electron chi connectivity index (χ4n) is 7.55. The van der Waals surface area contributed by atoms with Gasteiger partial charge in [-0.05, 0) is 130 Å². The largest absolute Gasteiger partial charge is 0.470 e. The van der Waals surface area contributed by atoms with Gasteiger partial charge in [-0.15, -0.1) is 0 Å². The zero-order chi connectivity index (χ0) is 42.1. The second kappa shape index (κ2) is 20.6. The highest BCUT2D eigenvalue weighted by Crippen LogP contribution is 2.31. The fourth-order valence-corrected chi connectivity index (χ4v) is 8.24. The summed E-state index contributed by atoms with van der Waals surface area (Å²) in [4.78, 5) is 33.1. The molecule has 4 aromatic heterocycles. The summed E-state index contributed by atoms with van der Waals surface area (Å²) >= 11 is 12.7. The number of nitrogens with one attached hydrogen (secondary N) is 1. The van der Waals surface area contributed by atoms with Gasteiger partial charge >= 0.3 is 0 Å². The maximum Gasteiger partial charge on any atom is 0.233 e. The molecule has 14 nitrogen and oxygen atoms in total. The molecule has 4 saturated heterocycles. The first-order valence-corrected chi connectivity index (χ1v) is 22.7. The molecule has 10 rings (SSSR count). The zero-order valence-corrected chi connectivity index (χ0v) is 37.6. The molecule has 2 aromatic carbocycles. The lowest BCUT2D eigenvalue weighted by molar-refractivity contribution is 0.158. The third kappa shape index (κ3) is 11.1. The van der Waals surface area contributed by atoms with Crippen molar-refractivity contribution in [3.8, 4) is 11.8 Å². The predicted octanol–water partition coefficient (Wildman–Crippen LogP) is 6.95. The predicted molar refractivity (Wildman–Crippen MR) is 246 cm³/mol. The van der Waals surface area contributed by atoms with Gasteiger partial charge in [0.1, 0.15) is 23.8 Å². The summed E-state index contributed by atoms with van der Waals surface area (Å²) in [5.74, 6) is 4.65. The third-order valence-corrected chi connectivity index (χ3v) is 12.6. The van der Waals surface area contributed by atoms with E-state index in [9.17, 15) is 5.11 Å². The first kappa shape index (κ1) is 43.2. The van der Waals surface area contributed by atoms with E-state index in [0.717, 1.165) is 116 Å². The summed E-state index contributed by atoms with van der Waals surface area (Å²) in [7, 11) is 0. The Kier molecular flexibility index (Phi) is 14.6. The quantitative estimate of drug-likeness (QED) is 0.128. The van der Waals surface area contributed by atoms with Crippen LogP contribution in [0.3, 0.4) is 0 Å². The van der Waals surface area contributed by atoms with Gasteiger partial charge in [0, 0.05) is 43.3 Å². The number of piperidine rings is 2. The van der Waals surface area contributed by atoms with Crippen LogP contribution in [0.1, 0.15) is 25.7 Å². The van der Waals surface area contributed by atoms with E-state index in [-0.39, 0.29) is 24.1 Å². The number of aliphatic hydroxyl groups is 2. The van der Waals surface area contributed by atoms with Crippen LogP contribution in [0.5, 0.6) is 11.8 Å². The molecule has 0 spiro atoms. The smallest absolute Gasteiger partial charge is 0.233 e. The van der Waals surface area contributed by atoms with E-state index in [0.29, 0.717) is 40.6 Å². The maximum atomic E-state index is 9.33. The summed E-state index contributed by atoms with van der Waals surface area (Å²) in [5, 5.41) is 23.7. The van der Waals surface area contributed by atoms with E-state index in [2.05, 4.69) is 107 Å². The van der Waals surface area contributed by atoms with Crippen LogP contribution < -0.4 is 29.5 Å². The normalized spacial score (nSPS) is 17.5. The fraction of sp³-hybridized carbons (Fsp3) is 0.409. The number of fused-ring (bicyclic) bond motifs is 2. The van der Waals surface area contributed by atoms with Crippen molar-refractivity contribution in [1.82, 2.24) is 35.2 Å². The van der Waals surface area contributed by atoms with Crippen molar-refractivity contribution in [2.45, 2.75) is 37.9 Å². The molecule has 8 heterocycles. The van der Waals surface area contributed by atoms with Crippen molar-refractivity contribution in [2.24, 2.45) is 11.8 Å². The Morgan fingerprint density at radius 3 is 1.62 bits per heavy atom. The number of ether oxygens (including phenoxy) is 2. The summed E-state index contributed by atoms with van der Waals surface area (Å²) in [5.41, 5.74) is 2.01. The van der Waals surface area contributed by atoms with E-state index in [1.165, 1.54) is 0 Å². The van der Waals surface area contributed by atoms with Crippen LogP contribution in [0.15, 0.2) is 94.1 Å². The van der Waals surface area contributed by atoms with Gasteiger partial charge in [0.15, 0.2) is 0 Å². The van der Waals surface area contributed by atoms with E-state index in [1.807, 2.05) is 42.5 Å². The number of aromatic nitrogens is 6. The number of para-hydroxylation sites is 2. The second-order valence-electron chi connectivity index (χ2n) is 15.6. The number of hydrogen-bond donors (Lipinski definition) is 3. The van der Waals surface area contributed by atoms with Crippen molar-refractivity contribution in [3.05, 3.63) is 99.4 Å². The van der Waals surface area contributed by atoms with Gasteiger partial charge in [-0.1, -0.05) is 36.4 Å². The van der Waals surface area contributed by atoms with E-state index in [1.54, 1.807) is 12.4 Å². The second-order valence-corrected chi connectivity index (χ2v) is 17.7. The van der Waals surface area contributed by atoms with Crippen LogP contribution in [0.4, 0.5) is 17.6 Å². The molecule has 320 valence electrons. The Labute approximate surface area is 377 Å². The molecule has 0 bridgehead atoms. The number of anilines is 3. The maximum absolute atomic E-state index is 9.33. The first-order valence-electron chi connectivity index (χ1n) is 20.7. The van der Waals surface area contributed by atoms with Gasteiger partial charge < -0.3 is 39.7 Å². The molecule has 0 atom stereocenters. The topological polar surface area (TPSA) is 158 Å². The van der Waals surface area contributed by atoms with Crippen molar-refractivity contribution in [1.29, 1.82) is 0 Å². The number of pyridine rings is 2. The van der Waals surface area contributed by atoms with Crippen LogP contribution in [0.25, 0.3) is 21.8 Å². The number of halogens is 3. The van der Waals surface area contributed by atoms with Crippen LogP contribution >= 0.6 is 43.5 Å². The van der Waals surface area contributed by atoms with Gasteiger partial charge in [-0.3, -0.25) is 0 Å². The minimum absolute atomic E-state index is 0.0607. The van der Waals surface area contributed by atoms with Crippen molar-refractivity contribution in [3.63, 3.8) is 0 Å². The average molecular weight is 977 g/mol. The lowest BCUT2D eigenvalue weighted by Crippen LogP contribution is -2.54. The summed E-state index contributed by atoms with van der Waals surface area (Å²) in [6.07, 6.45) is 7.70. The number of hydrogen-bond acceptors (Lipinski definition) is 14. The first-order chi connectivity index (χ1) is 29.8. The molecule has 0 amide bonds. The van der Waals surface area contributed by atoms with Crippen LogP contribution in [-0.2, 0) is 0 Å². The molecular weight excluding hydrogens is 928 g/mol. The Morgan fingerprint density at radius 1 is 0.607 bits per heavy atom. The van der Waals surface area contributed by atoms with Crippen LogP contribution in [-0.4, -0.2) is 118 Å². The Balaban J connectivity index is 0.000000146. The van der Waals surface area contributed by atoms with Gasteiger partial charge in [-0.25, -0.2) is 19.9 Å². The monoisotopic (exact) mass is 974 g/mol. The number of rotatable bonds is 9. The number of nitrogens with zero attached hydrogens (tertiary/aromatic N) is 9. The highest BCUT2D eigenvalue weighted by Gasteiger charge is 2.32. The van der Waals surface area contributed by atoms with E-state index in [4.69, 9.17) is 31.2 Å². The van der Waals surface area contributed by atoms with Gasteiger partial charge in [-0.2, -0.15) is 9.97 Å². The molecule has 4 fully saturated rings. The molecular formula is C44H49Br2ClN10O4. The van der Waals surface area contributed by atoms with Crippen LogP contribution in [0, 0.1) is 11.8 Å². The average Bonchev–Trinajstić information content (AvgIpc) is 3.28. The SMILES string of the molecule is Clc1ncc(Br)c(OC2CN(c3ccc4ccccc4n3)C2)n1.OCC1CCN(c2ncc(Br)c(OC3CN(c4ccc5ccccc5n4)C3)n2)CC1.OCC1CCNCC1. The minimum atomic E-state index is 0.0607. The molecule has 0 aliphatic carbocycles. The molecule has 61 heavy (non-hydrogen) atoms. The molecule has 0 saturated carbocycles. The van der Waals surface area contributed by atoms with Crippen molar-refractivity contribution >= 4 is 82.9 Å². The Hall–Kier alpha value is -4.45. The number of aliphatic hydroxyl groups excluding tert-OH is 2. The summed E-state index contributed by atoms with van der Waals surface area (Å²) in [6, 6.07) is 24.5. The zero-order valence-electron chi connectivity index (χ0n) is 33.7. The molecule has 4 aliphatic rings. The summed E-state index contributed by atoms with van der Waals surface area (Å²) < 4.78 is 13.5. The standard InChI is InChI=1S/C22H24BrN5O2.C16H12BrClN4O.C6H13NO/c23-18-11-24-22(27-9-7-15(14-29)8-10-27)26-21(18)30-17-12-28(13-17)20-6-5-16-3-1-2-4-19(16)25-20;17-12-7-19-16(18)21-15(12)23-11-8-22(9-11)14-6-5-10-3-1-2-4-13(10)20-14;8-5-6-1-3-7-4-2-6/h1-6,11,15,17,29H,7-10,12-14H2;1-7,11H,8-9H2;6-8H,1-5H2. The van der Waals surface area contributed by atoms with Gasteiger partial charge in [0.25, 0.3) is 0 Å². The third-order valence-electron chi connectivity index (χ3n) is 11.3. The molecule has 3 N–H and O–H groups in total. The lowest BCUT2D eigenvalue weighted by atomic mass is 9.98. The minimum Gasteiger partial charge on any atom is -0.470 e. The van der Waals surface area contributed by atoms with Gasteiger partial charge in [0.2, 0.25) is 23.0 Å². The lowest BCUT2D eigenvalue weighted by Gasteiger charge is -2.39. The molecule has 0 radical (unpaired) electrons. The Morgan fingerprint density at radius 2 is 1.10 bits per heavy atom. The molecule has 6 aromatic rings. The van der Waals surface area contributed by atoms with E-state index >= 15 is 0 Å². The van der Waals surface area contributed by atoms with Gasteiger partial charge in [0.05, 0.1) is 52.4 Å². The molecule has 4 aliphatic heterocycles. The van der Waals surface area contributed by atoms with Crippen molar-refractivity contribution in [2.75, 3.05) is 80.3 Å². The Bertz CT molecular complexity index is 2380. The number of benzene rings is 2. The van der Waals surface area contributed by atoms with Crippen molar-refractivity contribution < 1.29 is 19.7 Å². The summed E-state index contributed by atoms with van der Waals surface area (Å²) in [6.45, 7) is 7.61.